The first kappa shape index (κ1) is 17.3. The second-order valence-electron chi connectivity index (χ2n) is 6.36. The molecule has 23 heavy (non-hydrogen) atoms. The summed E-state index contributed by atoms with van der Waals surface area (Å²) in [5, 5.41) is 0. The first-order chi connectivity index (χ1) is 11.0. The highest BCUT2D eigenvalue weighted by molar-refractivity contribution is 5.82. The van der Waals surface area contributed by atoms with Crippen LogP contribution in [0.1, 0.15) is 44.7 Å². The van der Waals surface area contributed by atoms with Gasteiger partial charge >= 0.3 is 5.97 Å². The van der Waals surface area contributed by atoms with E-state index in [0.29, 0.717) is 12.5 Å². The first-order valence-electron chi connectivity index (χ1n) is 8.37. The van der Waals surface area contributed by atoms with Gasteiger partial charge in [-0.25, -0.2) is 0 Å². The highest BCUT2D eigenvalue weighted by Gasteiger charge is 2.20. The smallest absolute Gasteiger partial charge is 0.313 e. The van der Waals surface area contributed by atoms with Gasteiger partial charge in [0, 0.05) is 0 Å². The predicted molar refractivity (Wildman–Crippen MR) is 95.5 cm³/mol. The number of rotatable bonds is 6. The Balaban J connectivity index is 2.47. The Bertz CT molecular complexity index is 644. The number of hydrogen-bond donors (Lipinski definition) is 0. The number of carbonyl (C=O) groups is 1. The van der Waals surface area contributed by atoms with Gasteiger partial charge in [0.15, 0.2) is 0 Å². The fraction of sp³-hybridized carbons (Fsp3) is 0.381. The molecule has 0 fully saturated rings. The van der Waals surface area contributed by atoms with Crippen molar-refractivity contribution >= 4 is 5.97 Å². The molecule has 0 aliphatic rings. The lowest BCUT2D eigenvalue weighted by molar-refractivity contribution is -0.144. The summed E-state index contributed by atoms with van der Waals surface area (Å²) in [5.41, 5.74) is 4.61. The van der Waals surface area contributed by atoms with E-state index in [4.69, 9.17) is 4.74 Å². The molecule has 0 saturated heterocycles. The molecular formula is C21H26O2. The van der Waals surface area contributed by atoms with Crippen LogP contribution in [-0.4, -0.2) is 12.6 Å². The van der Waals surface area contributed by atoms with E-state index >= 15 is 0 Å². The average Bonchev–Trinajstić information content (AvgIpc) is 2.54. The summed E-state index contributed by atoms with van der Waals surface area (Å²) < 4.78 is 5.20. The van der Waals surface area contributed by atoms with Crippen LogP contribution < -0.4 is 0 Å². The molecule has 1 unspecified atom stereocenters. The van der Waals surface area contributed by atoms with Gasteiger partial charge in [-0.15, -0.1) is 0 Å². The zero-order valence-electron chi connectivity index (χ0n) is 14.5. The molecule has 0 amide bonds. The third-order valence-electron chi connectivity index (χ3n) is 3.95. The van der Waals surface area contributed by atoms with Crippen molar-refractivity contribution in [2.75, 3.05) is 6.61 Å². The van der Waals surface area contributed by atoms with Crippen molar-refractivity contribution in [3.05, 3.63) is 59.7 Å². The zero-order valence-corrected chi connectivity index (χ0v) is 14.5. The van der Waals surface area contributed by atoms with Gasteiger partial charge in [0.05, 0.1) is 12.5 Å². The largest absolute Gasteiger partial charge is 0.466 e. The topological polar surface area (TPSA) is 26.3 Å². The molecule has 2 heteroatoms. The molecule has 0 saturated carbocycles. The number of ether oxygens (including phenoxy) is 1. The minimum absolute atomic E-state index is 0.165. The second kappa shape index (κ2) is 7.96. The van der Waals surface area contributed by atoms with Gasteiger partial charge in [-0.1, -0.05) is 62.4 Å². The summed E-state index contributed by atoms with van der Waals surface area (Å²) >= 11 is 0. The van der Waals surface area contributed by atoms with Crippen LogP contribution in [0.25, 0.3) is 11.1 Å². The fourth-order valence-corrected chi connectivity index (χ4v) is 2.84. The van der Waals surface area contributed by atoms with Gasteiger partial charge < -0.3 is 4.74 Å². The second-order valence-corrected chi connectivity index (χ2v) is 6.36. The molecule has 0 radical (unpaired) electrons. The van der Waals surface area contributed by atoms with Crippen LogP contribution >= 0.6 is 0 Å². The molecule has 1 atom stereocenters. The van der Waals surface area contributed by atoms with Crippen LogP contribution in [0.15, 0.2) is 48.5 Å². The molecule has 0 aliphatic carbocycles. The van der Waals surface area contributed by atoms with Gasteiger partial charge in [-0.3, -0.25) is 4.79 Å². The third kappa shape index (κ3) is 4.44. The Kier molecular flexibility index (Phi) is 5.97. The number of hydrogen-bond acceptors (Lipinski definition) is 2. The SMILES string of the molecule is CCOC(=O)C(C)c1ccc(CC(C)C)cc1-c1ccccc1. The maximum absolute atomic E-state index is 12.2. The van der Waals surface area contributed by atoms with E-state index in [1.165, 1.54) is 5.56 Å². The van der Waals surface area contributed by atoms with Crippen LogP contribution in [0.2, 0.25) is 0 Å². The Morgan fingerprint density at radius 2 is 1.74 bits per heavy atom. The predicted octanol–water partition coefficient (Wildman–Crippen LogP) is 5.22. The Hall–Kier alpha value is -2.09. The molecule has 122 valence electrons. The molecule has 0 spiro atoms. The summed E-state index contributed by atoms with van der Waals surface area (Å²) in [5.74, 6) is 0.173. The van der Waals surface area contributed by atoms with Crippen molar-refractivity contribution in [3.8, 4) is 11.1 Å². The van der Waals surface area contributed by atoms with E-state index in [2.05, 4.69) is 44.2 Å². The molecule has 2 nitrogen and oxygen atoms in total. The molecule has 0 bridgehead atoms. The van der Waals surface area contributed by atoms with E-state index < -0.39 is 0 Å². The molecule has 2 aromatic rings. The van der Waals surface area contributed by atoms with Crippen molar-refractivity contribution < 1.29 is 9.53 Å². The lowest BCUT2D eigenvalue weighted by Crippen LogP contribution is -2.14. The van der Waals surface area contributed by atoms with Crippen LogP contribution in [0.4, 0.5) is 0 Å². The quantitative estimate of drug-likeness (QED) is 0.684. The minimum atomic E-state index is -0.266. The summed E-state index contributed by atoms with van der Waals surface area (Å²) in [6.45, 7) is 8.61. The van der Waals surface area contributed by atoms with Crippen LogP contribution in [0.3, 0.4) is 0 Å². The summed E-state index contributed by atoms with van der Waals surface area (Å²) in [4.78, 5) is 12.2. The van der Waals surface area contributed by atoms with E-state index in [1.807, 2.05) is 32.0 Å². The summed E-state index contributed by atoms with van der Waals surface area (Å²) in [7, 11) is 0. The maximum atomic E-state index is 12.2. The number of benzene rings is 2. The highest BCUT2D eigenvalue weighted by Crippen LogP contribution is 2.31. The molecule has 2 aromatic carbocycles. The van der Waals surface area contributed by atoms with E-state index in [9.17, 15) is 4.79 Å². The standard InChI is InChI=1S/C21H26O2/c1-5-23-21(22)16(4)19-12-11-17(13-15(2)3)14-20(19)18-9-7-6-8-10-18/h6-12,14-16H,5,13H2,1-4H3. The Labute approximate surface area is 139 Å². The lowest BCUT2D eigenvalue weighted by Gasteiger charge is -2.18. The normalized spacial score (nSPS) is 12.2. The van der Waals surface area contributed by atoms with E-state index in [1.54, 1.807) is 0 Å². The van der Waals surface area contributed by atoms with Gasteiger partial charge in [0.25, 0.3) is 0 Å². The van der Waals surface area contributed by atoms with Crippen molar-refractivity contribution in [2.45, 2.75) is 40.0 Å². The molecule has 0 aliphatic heterocycles. The fourth-order valence-electron chi connectivity index (χ4n) is 2.84. The maximum Gasteiger partial charge on any atom is 0.313 e. The number of esters is 1. The summed E-state index contributed by atoms with van der Waals surface area (Å²) in [6.07, 6.45) is 1.04. The highest BCUT2D eigenvalue weighted by atomic mass is 16.5. The zero-order chi connectivity index (χ0) is 16.8. The molecule has 0 aromatic heterocycles. The van der Waals surface area contributed by atoms with Gasteiger partial charge in [-0.2, -0.15) is 0 Å². The average molecular weight is 310 g/mol. The van der Waals surface area contributed by atoms with Crippen molar-refractivity contribution in [3.63, 3.8) is 0 Å². The van der Waals surface area contributed by atoms with Crippen molar-refractivity contribution in [2.24, 2.45) is 5.92 Å². The van der Waals surface area contributed by atoms with Gasteiger partial charge in [0.2, 0.25) is 0 Å². The van der Waals surface area contributed by atoms with Crippen LogP contribution in [-0.2, 0) is 16.0 Å². The number of carbonyl (C=O) groups excluding carboxylic acids is 1. The van der Waals surface area contributed by atoms with Crippen LogP contribution in [0.5, 0.6) is 0 Å². The third-order valence-corrected chi connectivity index (χ3v) is 3.95. The van der Waals surface area contributed by atoms with Gasteiger partial charge in [0.1, 0.15) is 0 Å². The Morgan fingerprint density at radius 3 is 2.35 bits per heavy atom. The van der Waals surface area contributed by atoms with E-state index in [-0.39, 0.29) is 11.9 Å². The van der Waals surface area contributed by atoms with Gasteiger partial charge in [-0.05, 0) is 48.4 Å². The van der Waals surface area contributed by atoms with Crippen molar-refractivity contribution in [1.82, 2.24) is 0 Å². The van der Waals surface area contributed by atoms with Crippen LogP contribution in [0, 0.1) is 5.92 Å². The summed E-state index contributed by atoms with van der Waals surface area (Å²) in [6, 6.07) is 16.7. The Morgan fingerprint density at radius 1 is 1.04 bits per heavy atom. The molecular weight excluding hydrogens is 284 g/mol. The monoisotopic (exact) mass is 310 g/mol. The van der Waals surface area contributed by atoms with Crippen molar-refractivity contribution in [1.29, 1.82) is 0 Å². The molecule has 0 heterocycles. The lowest BCUT2D eigenvalue weighted by atomic mass is 9.88. The first-order valence-corrected chi connectivity index (χ1v) is 8.37. The molecule has 2 rings (SSSR count). The molecule has 0 N–H and O–H groups in total. The van der Waals surface area contributed by atoms with E-state index in [0.717, 1.165) is 23.1 Å². The minimum Gasteiger partial charge on any atom is -0.466 e.